The largest absolute Gasteiger partial charge is 0.396 e. The maximum absolute atomic E-state index is 12.1. The SMILES string of the molecule is Cc1ccc(S(=O)(=O)O[C@H](C(N)=O)C(C)(C)CO)cc1. The number of aryl methyl sites for hydroxylation is 1. The molecular weight excluding hydrogens is 282 g/mol. The highest BCUT2D eigenvalue weighted by molar-refractivity contribution is 7.86. The molecule has 3 N–H and O–H groups in total. The maximum Gasteiger partial charge on any atom is 0.297 e. The van der Waals surface area contributed by atoms with E-state index in [2.05, 4.69) is 0 Å². The molecule has 20 heavy (non-hydrogen) atoms. The van der Waals surface area contributed by atoms with Gasteiger partial charge in [-0.05, 0) is 19.1 Å². The lowest BCUT2D eigenvalue weighted by Crippen LogP contribution is -2.46. The fourth-order valence-electron chi connectivity index (χ4n) is 1.53. The first-order chi connectivity index (χ1) is 9.10. The number of nitrogens with two attached hydrogens (primary N) is 1. The van der Waals surface area contributed by atoms with Gasteiger partial charge in [0.05, 0.1) is 11.5 Å². The van der Waals surface area contributed by atoms with Gasteiger partial charge in [0.1, 0.15) is 0 Å². The molecule has 0 saturated heterocycles. The van der Waals surface area contributed by atoms with Gasteiger partial charge >= 0.3 is 0 Å². The second-order valence-corrected chi connectivity index (χ2v) is 6.86. The molecule has 1 aromatic carbocycles. The van der Waals surface area contributed by atoms with Gasteiger partial charge in [0.25, 0.3) is 10.1 Å². The summed E-state index contributed by atoms with van der Waals surface area (Å²) < 4.78 is 29.1. The predicted octanol–water partition coefficient (Wildman–Crippen LogP) is 0.573. The smallest absolute Gasteiger partial charge is 0.297 e. The van der Waals surface area contributed by atoms with Gasteiger partial charge in [-0.1, -0.05) is 31.5 Å². The third-order valence-corrected chi connectivity index (χ3v) is 4.20. The molecule has 0 aromatic heterocycles. The first-order valence-electron chi connectivity index (χ1n) is 6.00. The van der Waals surface area contributed by atoms with E-state index in [1.165, 1.54) is 26.0 Å². The zero-order valence-electron chi connectivity index (χ0n) is 11.7. The van der Waals surface area contributed by atoms with E-state index in [4.69, 9.17) is 9.92 Å². The monoisotopic (exact) mass is 301 g/mol. The standard InChI is InChI=1S/C13H19NO5S/c1-9-4-6-10(7-5-9)20(17,18)19-11(12(14)16)13(2,3)8-15/h4-7,11,15H,8H2,1-3H3,(H2,14,16)/t11-/m1/s1. The predicted molar refractivity (Wildman–Crippen MR) is 73.3 cm³/mol. The lowest BCUT2D eigenvalue weighted by atomic mass is 9.87. The summed E-state index contributed by atoms with van der Waals surface area (Å²) in [6.45, 7) is 4.36. The molecule has 0 radical (unpaired) electrons. The minimum absolute atomic E-state index is 0.0666. The van der Waals surface area contributed by atoms with E-state index in [1.807, 2.05) is 6.92 Å². The fourth-order valence-corrected chi connectivity index (χ4v) is 2.72. The molecule has 0 fully saturated rings. The minimum atomic E-state index is -4.13. The summed E-state index contributed by atoms with van der Waals surface area (Å²) in [5, 5.41) is 9.23. The summed E-state index contributed by atoms with van der Waals surface area (Å²) in [7, 11) is -4.13. The second kappa shape index (κ2) is 5.90. The van der Waals surface area contributed by atoms with Crippen LogP contribution in [0.15, 0.2) is 29.2 Å². The van der Waals surface area contributed by atoms with Crippen molar-refractivity contribution in [3.63, 3.8) is 0 Å². The molecule has 7 heteroatoms. The van der Waals surface area contributed by atoms with Crippen molar-refractivity contribution in [1.82, 2.24) is 0 Å². The summed E-state index contributed by atoms with van der Waals surface area (Å²) in [6, 6.07) is 6.00. The summed E-state index contributed by atoms with van der Waals surface area (Å²) in [6.07, 6.45) is -1.45. The number of aliphatic hydroxyl groups excluding tert-OH is 1. The van der Waals surface area contributed by atoms with E-state index in [1.54, 1.807) is 12.1 Å². The van der Waals surface area contributed by atoms with Crippen LogP contribution in [0.5, 0.6) is 0 Å². The summed E-state index contributed by atoms with van der Waals surface area (Å²) in [4.78, 5) is 11.3. The van der Waals surface area contributed by atoms with Crippen LogP contribution in [-0.2, 0) is 19.1 Å². The van der Waals surface area contributed by atoms with Crippen LogP contribution in [0.4, 0.5) is 0 Å². The Balaban J connectivity index is 3.10. The Bertz CT molecular complexity index is 577. The van der Waals surface area contributed by atoms with Crippen LogP contribution in [0.2, 0.25) is 0 Å². The number of aliphatic hydroxyl groups is 1. The fraction of sp³-hybridized carbons (Fsp3) is 0.462. The van der Waals surface area contributed by atoms with E-state index in [-0.39, 0.29) is 4.90 Å². The minimum Gasteiger partial charge on any atom is -0.396 e. The molecule has 0 spiro atoms. The van der Waals surface area contributed by atoms with Crippen molar-refractivity contribution < 1.29 is 22.5 Å². The van der Waals surface area contributed by atoms with Crippen molar-refractivity contribution in [3.05, 3.63) is 29.8 Å². The Morgan fingerprint density at radius 1 is 1.35 bits per heavy atom. The Morgan fingerprint density at radius 2 is 1.85 bits per heavy atom. The van der Waals surface area contributed by atoms with Crippen molar-refractivity contribution in [2.24, 2.45) is 11.1 Å². The molecule has 0 aliphatic rings. The lowest BCUT2D eigenvalue weighted by molar-refractivity contribution is -0.131. The molecule has 6 nitrogen and oxygen atoms in total. The zero-order chi connectivity index (χ0) is 15.6. The first kappa shape index (κ1) is 16.6. The van der Waals surface area contributed by atoms with Crippen molar-refractivity contribution in [2.75, 3.05) is 6.61 Å². The molecule has 0 heterocycles. The van der Waals surface area contributed by atoms with E-state index < -0.39 is 34.2 Å². The Morgan fingerprint density at radius 3 is 2.25 bits per heavy atom. The van der Waals surface area contributed by atoms with Gasteiger partial charge in [0.2, 0.25) is 5.91 Å². The molecule has 112 valence electrons. The molecule has 1 aromatic rings. The van der Waals surface area contributed by atoms with Crippen LogP contribution < -0.4 is 5.73 Å². The highest BCUT2D eigenvalue weighted by Gasteiger charge is 2.38. The van der Waals surface area contributed by atoms with Crippen LogP contribution in [0, 0.1) is 12.3 Å². The van der Waals surface area contributed by atoms with E-state index >= 15 is 0 Å². The highest BCUT2D eigenvalue weighted by atomic mass is 32.2. The summed E-state index contributed by atoms with van der Waals surface area (Å²) in [5.41, 5.74) is 4.96. The molecule has 1 amide bonds. The van der Waals surface area contributed by atoms with Gasteiger partial charge in [-0.15, -0.1) is 0 Å². The highest BCUT2D eigenvalue weighted by Crippen LogP contribution is 2.26. The maximum atomic E-state index is 12.1. The first-order valence-corrected chi connectivity index (χ1v) is 7.41. The molecule has 0 saturated carbocycles. The average Bonchev–Trinajstić information content (AvgIpc) is 2.36. The van der Waals surface area contributed by atoms with Crippen molar-refractivity contribution in [2.45, 2.75) is 31.8 Å². The molecule has 1 atom stereocenters. The number of benzene rings is 1. The average molecular weight is 301 g/mol. The Kier molecular flexibility index (Phi) is 4.90. The van der Waals surface area contributed by atoms with Crippen LogP contribution in [0.25, 0.3) is 0 Å². The Hall–Kier alpha value is -1.44. The second-order valence-electron chi connectivity index (χ2n) is 5.29. The summed E-state index contributed by atoms with van der Waals surface area (Å²) in [5.74, 6) is -0.945. The van der Waals surface area contributed by atoms with Gasteiger partial charge < -0.3 is 10.8 Å². The molecule has 1 rings (SSSR count). The van der Waals surface area contributed by atoms with Crippen LogP contribution in [0.3, 0.4) is 0 Å². The Labute approximate surface area is 118 Å². The topological polar surface area (TPSA) is 107 Å². The normalized spacial score (nSPS) is 14.0. The van der Waals surface area contributed by atoms with Crippen molar-refractivity contribution >= 4 is 16.0 Å². The van der Waals surface area contributed by atoms with Gasteiger partial charge in [0.15, 0.2) is 6.10 Å². The molecule has 0 bridgehead atoms. The number of primary amides is 1. The summed E-state index contributed by atoms with van der Waals surface area (Å²) >= 11 is 0. The van der Waals surface area contributed by atoms with Crippen molar-refractivity contribution in [3.8, 4) is 0 Å². The quantitative estimate of drug-likeness (QED) is 0.747. The lowest BCUT2D eigenvalue weighted by Gasteiger charge is -2.29. The van der Waals surface area contributed by atoms with Gasteiger partial charge in [-0.3, -0.25) is 8.98 Å². The molecule has 0 unspecified atom stereocenters. The molecular formula is C13H19NO5S. The number of carbonyl (C=O) groups is 1. The van der Waals surface area contributed by atoms with E-state index in [0.717, 1.165) is 5.56 Å². The van der Waals surface area contributed by atoms with Gasteiger partial charge in [-0.25, -0.2) is 0 Å². The molecule has 0 aliphatic carbocycles. The van der Waals surface area contributed by atoms with Crippen LogP contribution in [-0.4, -0.2) is 32.1 Å². The number of hydrogen-bond acceptors (Lipinski definition) is 5. The van der Waals surface area contributed by atoms with Crippen LogP contribution >= 0.6 is 0 Å². The van der Waals surface area contributed by atoms with E-state index in [0.29, 0.717) is 0 Å². The third kappa shape index (κ3) is 3.78. The number of rotatable bonds is 6. The number of hydrogen-bond donors (Lipinski definition) is 2. The van der Waals surface area contributed by atoms with Crippen LogP contribution in [0.1, 0.15) is 19.4 Å². The molecule has 0 aliphatic heterocycles. The zero-order valence-corrected chi connectivity index (χ0v) is 12.5. The number of amides is 1. The van der Waals surface area contributed by atoms with Crippen molar-refractivity contribution in [1.29, 1.82) is 0 Å². The van der Waals surface area contributed by atoms with Gasteiger partial charge in [0, 0.05) is 5.41 Å². The third-order valence-electron chi connectivity index (χ3n) is 2.91. The van der Waals surface area contributed by atoms with E-state index in [9.17, 15) is 18.3 Å². The number of carbonyl (C=O) groups excluding carboxylic acids is 1. The van der Waals surface area contributed by atoms with Gasteiger partial charge in [-0.2, -0.15) is 8.42 Å².